The minimum Gasteiger partial charge on any atom is -0.356 e. The van der Waals surface area contributed by atoms with E-state index in [4.69, 9.17) is 4.98 Å². The molecular formula is C21H28IN5S2. The van der Waals surface area contributed by atoms with Crippen LogP contribution < -0.4 is 10.6 Å². The van der Waals surface area contributed by atoms with Gasteiger partial charge in [-0.05, 0) is 20.8 Å². The van der Waals surface area contributed by atoms with E-state index in [2.05, 4.69) is 71.0 Å². The molecule has 0 bridgehead atoms. The Morgan fingerprint density at radius 1 is 1.00 bits per heavy atom. The Morgan fingerprint density at radius 2 is 1.69 bits per heavy atom. The van der Waals surface area contributed by atoms with Crippen molar-refractivity contribution in [1.82, 2.24) is 20.6 Å². The molecule has 0 aliphatic heterocycles. The number of benzene rings is 1. The third-order valence-corrected chi connectivity index (χ3v) is 6.52. The van der Waals surface area contributed by atoms with Crippen molar-refractivity contribution in [2.45, 2.75) is 33.6 Å². The monoisotopic (exact) mass is 541 g/mol. The average Bonchev–Trinajstić information content (AvgIpc) is 3.28. The van der Waals surface area contributed by atoms with Crippen LogP contribution in [-0.4, -0.2) is 36.1 Å². The van der Waals surface area contributed by atoms with E-state index < -0.39 is 0 Å². The van der Waals surface area contributed by atoms with Crippen molar-refractivity contribution in [2.24, 2.45) is 4.99 Å². The number of guanidine groups is 1. The number of halogens is 1. The molecule has 0 saturated carbocycles. The quantitative estimate of drug-likeness (QED) is 0.257. The SMILES string of the molecule is CN=C(NCCc1csc(-c2ccc(C)cc2)n1)NCCc1nc(C)c(C)s1.I. The van der Waals surface area contributed by atoms with Crippen molar-refractivity contribution in [3.05, 3.63) is 56.5 Å². The Labute approximate surface area is 198 Å². The molecule has 156 valence electrons. The fourth-order valence-corrected chi connectivity index (χ4v) is 4.51. The first-order valence-corrected chi connectivity index (χ1v) is 11.1. The van der Waals surface area contributed by atoms with Crippen molar-refractivity contribution in [3.63, 3.8) is 0 Å². The van der Waals surface area contributed by atoms with Gasteiger partial charge in [-0.15, -0.1) is 46.7 Å². The molecule has 0 radical (unpaired) electrons. The summed E-state index contributed by atoms with van der Waals surface area (Å²) < 4.78 is 0. The van der Waals surface area contributed by atoms with E-state index in [1.807, 2.05) is 0 Å². The van der Waals surface area contributed by atoms with Gasteiger partial charge in [-0.2, -0.15) is 0 Å². The van der Waals surface area contributed by atoms with E-state index >= 15 is 0 Å². The van der Waals surface area contributed by atoms with E-state index in [1.54, 1.807) is 29.7 Å². The molecule has 0 spiro atoms. The lowest BCUT2D eigenvalue weighted by atomic mass is 10.2. The van der Waals surface area contributed by atoms with Crippen LogP contribution in [0, 0.1) is 20.8 Å². The summed E-state index contributed by atoms with van der Waals surface area (Å²) in [6, 6.07) is 8.52. The van der Waals surface area contributed by atoms with Gasteiger partial charge >= 0.3 is 0 Å². The van der Waals surface area contributed by atoms with Crippen molar-refractivity contribution >= 4 is 52.6 Å². The van der Waals surface area contributed by atoms with E-state index in [0.717, 1.165) is 48.3 Å². The van der Waals surface area contributed by atoms with Gasteiger partial charge in [0.1, 0.15) is 5.01 Å². The van der Waals surface area contributed by atoms with Crippen molar-refractivity contribution in [2.75, 3.05) is 20.1 Å². The average molecular weight is 542 g/mol. The first kappa shape index (κ1) is 23.8. The maximum Gasteiger partial charge on any atom is 0.191 e. The summed E-state index contributed by atoms with van der Waals surface area (Å²) in [6.45, 7) is 7.90. The Morgan fingerprint density at radius 3 is 2.31 bits per heavy atom. The summed E-state index contributed by atoms with van der Waals surface area (Å²) >= 11 is 3.47. The van der Waals surface area contributed by atoms with Crippen LogP contribution in [0.2, 0.25) is 0 Å². The zero-order valence-corrected chi connectivity index (χ0v) is 21.2. The second-order valence-electron chi connectivity index (χ2n) is 6.68. The second kappa shape index (κ2) is 11.6. The molecule has 0 unspecified atom stereocenters. The molecule has 0 fully saturated rings. The summed E-state index contributed by atoms with van der Waals surface area (Å²) in [7, 11) is 1.80. The maximum atomic E-state index is 4.76. The lowest BCUT2D eigenvalue weighted by Gasteiger charge is -2.10. The highest BCUT2D eigenvalue weighted by atomic mass is 127. The molecule has 1 aromatic carbocycles. The van der Waals surface area contributed by atoms with E-state index in [9.17, 15) is 0 Å². The summed E-state index contributed by atoms with van der Waals surface area (Å²) in [4.78, 5) is 14.9. The van der Waals surface area contributed by atoms with Gasteiger partial charge in [0, 0.05) is 48.8 Å². The molecule has 2 aromatic heterocycles. The second-order valence-corrected chi connectivity index (χ2v) is 8.83. The molecule has 0 saturated heterocycles. The Balaban J connectivity index is 0.00000300. The molecule has 8 heteroatoms. The molecule has 0 atom stereocenters. The lowest BCUT2D eigenvalue weighted by Crippen LogP contribution is -2.39. The highest BCUT2D eigenvalue weighted by Crippen LogP contribution is 2.24. The first-order chi connectivity index (χ1) is 13.5. The fraction of sp³-hybridized carbons (Fsp3) is 0.381. The maximum absolute atomic E-state index is 4.76. The van der Waals surface area contributed by atoms with E-state index in [0.29, 0.717) is 0 Å². The van der Waals surface area contributed by atoms with Gasteiger partial charge < -0.3 is 10.6 Å². The van der Waals surface area contributed by atoms with Gasteiger partial charge in [-0.25, -0.2) is 9.97 Å². The Kier molecular flexibility index (Phi) is 9.51. The minimum absolute atomic E-state index is 0. The molecule has 2 N–H and O–H groups in total. The highest BCUT2D eigenvalue weighted by molar-refractivity contribution is 14.0. The molecule has 5 nitrogen and oxygen atoms in total. The predicted octanol–water partition coefficient (Wildman–Crippen LogP) is 4.76. The van der Waals surface area contributed by atoms with Crippen LogP contribution in [0.25, 0.3) is 10.6 Å². The number of nitrogens with one attached hydrogen (secondary N) is 2. The number of aryl methyl sites for hydroxylation is 3. The molecule has 29 heavy (non-hydrogen) atoms. The molecule has 3 aromatic rings. The third-order valence-electron chi connectivity index (χ3n) is 4.45. The zero-order valence-electron chi connectivity index (χ0n) is 17.3. The van der Waals surface area contributed by atoms with Crippen LogP contribution in [0.5, 0.6) is 0 Å². The third kappa shape index (κ3) is 7.04. The molecular weight excluding hydrogens is 513 g/mol. The first-order valence-electron chi connectivity index (χ1n) is 9.44. The standard InChI is InChI=1S/C21H27N5S2.HI/c1-14-5-7-17(8-6-14)20-26-18(13-27-20)9-11-23-21(22-4)24-12-10-19-25-15(2)16(3)28-19;/h5-8,13H,9-12H2,1-4H3,(H2,22,23,24);1H. The summed E-state index contributed by atoms with van der Waals surface area (Å²) in [6.07, 6.45) is 1.78. The van der Waals surface area contributed by atoms with Crippen LogP contribution in [0.15, 0.2) is 34.6 Å². The van der Waals surface area contributed by atoms with Crippen LogP contribution in [-0.2, 0) is 12.8 Å². The van der Waals surface area contributed by atoms with Gasteiger partial charge in [0.05, 0.1) is 16.4 Å². The topological polar surface area (TPSA) is 62.2 Å². The molecule has 0 aliphatic rings. The summed E-state index contributed by atoms with van der Waals surface area (Å²) in [5.74, 6) is 0.819. The Bertz CT molecular complexity index is 911. The van der Waals surface area contributed by atoms with Crippen LogP contribution in [0.4, 0.5) is 0 Å². The van der Waals surface area contributed by atoms with Crippen molar-refractivity contribution in [1.29, 1.82) is 0 Å². The van der Waals surface area contributed by atoms with Crippen LogP contribution >= 0.6 is 46.7 Å². The largest absolute Gasteiger partial charge is 0.356 e. The van der Waals surface area contributed by atoms with E-state index in [1.165, 1.54) is 21.0 Å². The zero-order chi connectivity index (χ0) is 19.9. The van der Waals surface area contributed by atoms with Gasteiger partial charge in [0.15, 0.2) is 5.96 Å². The number of aliphatic imine (C=N–C) groups is 1. The molecule has 3 rings (SSSR count). The lowest BCUT2D eigenvalue weighted by molar-refractivity contribution is 0.776. The predicted molar refractivity (Wildman–Crippen MR) is 136 cm³/mol. The number of nitrogens with zero attached hydrogens (tertiary/aromatic N) is 3. The van der Waals surface area contributed by atoms with Crippen LogP contribution in [0.1, 0.15) is 26.8 Å². The smallest absolute Gasteiger partial charge is 0.191 e. The highest BCUT2D eigenvalue weighted by Gasteiger charge is 2.06. The number of aromatic nitrogens is 2. The van der Waals surface area contributed by atoms with Gasteiger partial charge in [0.2, 0.25) is 0 Å². The number of hydrogen-bond donors (Lipinski definition) is 2. The van der Waals surface area contributed by atoms with Gasteiger partial charge in [-0.3, -0.25) is 4.99 Å². The van der Waals surface area contributed by atoms with Crippen molar-refractivity contribution in [3.8, 4) is 10.6 Å². The number of thiazole rings is 2. The van der Waals surface area contributed by atoms with E-state index in [-0.39, 0.29) is 24.0 Å². The minimum atomic E-state index is 0. The number of hydrogen-bond acceptors (Lipinski definition) is 5. The van der Waals surface area contributed by atoms with Gasteiger partial charge in [0.25, 0.3) is 0 Å². The molecule has 0 aliphatic carbocycles. The van der Waals surface area contributed by atoms with Crippen LogP contribution in [0.3, 0.4) is 0 Å². The fourth-order valence-electron chi connectivity index (χ4n) is 2.71. The normalized spacial score (nSPS) is 11.2. The summed E-state index contributed by atoms with van der Waals surface area (Å²) in [5.41, 5.74) is 4.69. The number of rotatable bonds is 7. The summed E-state index contributed by atoms with van der Waals surface area (Å²) in [5, 5.41) is 11.1. The molecule has 2 heterocycles. The van der Waals surface area contributed by atoms with Crippen molar-refractivity contribution < 1.29 is 0 Å². The Hall–Kier alpha value is -1.52. The van der Waals surface area contributed by atoms with Gasteiger partial charge in [-0.1, -0.05) is 29.8 Å². The molecule has 0 amide bonds.